The van der Waals surface area contributed by atoms with Crippen LogP contribution in [0.2, 0.25) is 5.02 Å². The molecule has 3 atom stereocenters. The normalized spacial score (nSPS) is 25.2. The van der Waals surface area contributed by atoms with Gasteiger partial charge in [-0.3, -0.25) is 14.7 Å². The van der Waals surface area contributed by atoms with Crippen LogP contribution < -0.4 is 0 Å². The molecule has 1 aromatic heterocycles. The van der Waals surface area contributed by atoms with E-state index in [1.54, 1.807) is 17.2 Å². The highest BCUT2D eigenvalue weighted by molar-refractivity contribution is 6.30. The number of likely N-dealkylation sites (tertiary alicyclic amines) is 2. The van der Waals surface area contributed by atoms with Crippen molar-refractivity contribution >= 4 is 17.5 Å². The van der Waals surface area contributed by atoms with Gasteiger partial charge in [0.2, 0.25) is 5.91 Å². The Morgan fingerprint density at radius 1 is 1.09 bits per heavy atom. The zero-order chi connectivity index (χ0) is 24.4. The van der Waals surface area contributed by atoms with E-state index in [9.17, 15) is 14.3 Å². The fraction of sp³-hybridized carbons (Fsp3) is 0.357. The number of amides is 1. The maximum absolute atomic E-state index is 14.2. The Bertz CT molecular complexity index is 1180. The number of halogens is 2. The maximum Gasteiger partial charge on any atom is 0.231 e. The van der Waals surface area contributed by atoms with Crippen LogP contribution in [0.25, 0.3) is 0 Å². The molecule has 5 rings (SSSR count). The molecule has 2 fully saturated rings. The van der Waals surface area contributed by atoms with Crippen molar-refractivity contribution in [3.8, 4) is 0 Å². The van der Waals surface area contributed by atoms with Crippen molar-refractivity contribution in [3.63, 3.8) is 0 Å². The minimum atomic E-state index is -0.725. The van der Waals surface area contributed by atoms with Crippen molar-refractivity contribution in [2.24, 2.45) is 5.41 Å². The summed E-state index contributed by atoms with van der Waals surface area (Å²) in [5.41, 5.74) is 1.80. The van der Waals surface area contributed by atoms with Gasteiger partial charge in [0, 0.05) is 25.8 Å². The smallest absolute Gasteiger partial charge is 0.231 e. The SMILES string of the molecule is O=C1N(Cc2cccc(F)c2)[C@@H](c2ccccc2)[C@H](O)C[C@]12CCCN(Cc1ccc(Cl)cn1)C2. The quantitative estimate of drug-likeness (QED) is 0.544. The summed E-state index contributed by atoms with van der Waals surface area (Å²) in [4.78, 5) is 22.7. The van der Waals surface area contributed by atoms with Crippen molar-refractivity contribution in [2.75, 3.05) is 13.1 Å². The zero-order valence-corrected chi connectivity index (χ0v) is 20.2. The van der Waals surface area contributed by atoms with Gasteiger partial charge in [0.1, 0.15) is 5.82 Å². The molecule has 2 aromatic carbocycles. The minimum absolute atomic E-state index is 0.0229. The highest BCUT2D eigenvalue weighted by atomic mass is 35.5. The highest BCUT2D eigenvalue weighted by Crippen LogP contribution is 2.46. The Morgan fingerprint density at radius 3 is 2.66 bits per heavy atom. The number of pyridine rings is 1. The second-order valence-corrected chi connectivity index (χ2v) is 10.2. The van der Waals surface area contributed by atoms with Gasteiger partial charge in [-0.15, -0.1) is 0 Å². The standard InChI is InChI=1S/C28H29ClFN3O2/c29-22-10-11-24(31-16-22)18-32-13-5-12-28(19-32)15-25(34)26(21-7-2-1-3-8-21)33(27(28)35)17-20-6-4-9-23(30)14-20/h1-4,6-11,14,16,25-26,34H,5,12-13,15,17-19H2/t25-,26+,28+/m1/s1. The number of hydrogen-bond donors (Lipinski definition) is 1. The van der Waals surface area contributed by atoms with Crippen LogP contribution in [-0.4, -0.2) is 45.0 Å². The van der Waals surface area contributed by atoms with Gasteiger partial charge in [0.25, 0.3) is 0 Å². The largest absolute Gasteiger partial charge is 0.391 e. The molecule has 0 radical (unpaired) electrons. The molecule has 3 heterocycles. The number of rotatable bonds is 5. The number of hydrogen-bond acceptors (Lipinski definition) is 4. The van der Waals surface area contributed by atoms with Crippen molar-refractivity contribution < 1.29 is 14.3 Å². The first-order valence-corrected chi connectivity index (χ1v) is 12.4. The van der Waals surface area contributed by atoms with Gasteiger partial charge < -0.3 is 10.0 Å². The number of aromatic nitrogens is 1. The summed E-state index contributed by atoms with van der Waals surface area (Å²) in [6.45, 7) is 2.28. The molecule has 1 amide bonds. The third-order valence-electron chi connectivity index (χ3n) is 7.23. The summed E-state index contributed by atoms with van der Waals surface area (Å²) in [6, 6.07) is 19.2. The third-order valence-corrected chi connectivity index (χ3v) is 7.45. The van der Waals surface area contributed by atoms with Gasteiger partial charge in [-0.2, -0.15) is 0 Å². The van der Waals surface area contributed by atoms with Crippen LogP contribution in [-0.2, 0) is 17.9 Å². The summed E-state index contributed by atoms with van der Waals surface area (Å²) in [7, 11) is 0. The van der Waals surface area contributed by atoms with Crippen LogP contribution in [0.1, 0.15) is 42.1 Å². The van der Waals surface area contributed by atoms with Gasteiger partial charge in [0.05, 0.1) is 28.3 Å². The Kier molecular flexibility index (Phi) is 6.87. The summed E-state index contributed by atoms with van der Waals surface area (Å²) in [5.74, 6) is -0.313. The average Bonchev–Trinajstić information content (AvgIpc) is 2.85. The lowest BCUT2D eigenvalue weighted by atomic mass is 9.69. The van der Waals surface area contributed by atoms with E-state index in [1.807, 2.05) is 48.5 Å². The molecular formula is C28H29ClFN3O2. The van der Waals surface area contributed by atoms with Crippen LogP contribution in [0.4, 0.5) is 4.39 Å². The molecule has 0 bridgehead atoms. The number of benzene rings is 2. The van der Waals surface area contributed by atoms with E-state index in [4.69, 9.17) is 11.6 Å². The first kappa shape index (κ1) is 23.9. The molecule has 0 unspecified atom stereocenters. The first-order valence-electron chi connectivity index (χ1n) is 12.0. The molecule has 35 heavy (non-hydrogen) atoms. The van der Waals surface area contributed by atoms with Crippen molar-refractivity contribution in [1.29, 1.82) is 0 Å². The van der Waals surface area contributed by atoms with Crippen molar-refractivity contribution in [1.82, 2.24) is 14.8 Å². The Labute approximate surface area is 210 Å². The molecule has 5 nitrogen and oxygen atoms in total. The van der Waals surface area contributed by atoms with E-state index in [0.717, 1.165) is 24.2 Å². The summed E-state index contributed by atoms with van der Waals surface area (Å²) >= 11 is 5.99. The van der Waals surface area contributed by atoms with E-state index in [-0.39, 0.29) is 18.3 Å². The van der Waals surface area contributed by atoms with Crippen molar-refractivity contribution in [3.05, 3.63) is 101 Å². The lowest BCUT2D eigenvalue weighted by molar-refractivity contribution is -0.166. The lowest BCUT2D eigenvalue weighted by Gasteiger charge is -2.52. The Hall–Kier alpha value is -2.80. The average molecular weight is 494 g/mol. The number of carbonyl (C=O) groups excluding carboxylic acids is 1. The van der Waals surface area contributed by atoms with Crippen LogP contribution in [0.5, 0.6) is 0 Å². The topological polar surface area (TPSA) is 56.7 Å². The Morgan fingerprint density at radius 2 is 1.91 bits per heavy atom. The molecule has 182 valence electrons. The van der Waals surface area contributed by atoms with E-state index in [0.29, 0.717) is 36.5 Å². The fourth-order valence-electron chi connectivity index (χ4n) is 5.72. The van der Waals surface area contributed by atoms with Crippen LogP contribution in [0.15, 0.2) is 72.9 Å². The number of aliphatic hydroxyl groups excluding tert-OH is 1. The molecule has 0 saturated carbocycles. The van der Waals surface area contributed by atoms with Crippen LogP contribution >= 0.6 is 11.6 Å². The summed E-state index contributed by atoms with van der Waals surface area (Å²) in [5, 5.41) is 12.0. The van der Waals surface area contributed by atoms with Gasteiger partial charge in [0.15, 0.2) is 0 Å². The minimum Gasteiger partial charge on any atom is -0.391 e. The second-order valence-electron chi connectivity index (χ2n) is 9.75. The molecule has 2 aliphatic heterocycles. The van der Waals surface area contributed by atoms with Gasteiger partial charge in [-0.1, -0.05) is 54.1 Å². The lowest BCUT2D eigenvalue weighted by Crippen LogP contribution is -2.60. The molecule has 3 aromatic rings. The highest BCUT2D eigenvalue weighted by Gasteiger charge is 2.52. The van der Waals surface area contributed by atoms with E-state index in [1.165, 1.54) is 12.1 Å². The van der Waals surface area contributed by atoms with Gasteiger partial charge in [-0.05, 0) is 61.2 Å². The molecule has 7 heteroatoms. The maximum atomic E-state index is 14.2. The van der Waals surface area contributed by atoms with Gasteiger partial charge >= 0.3 is 0 Å². The molecule has 1 N–H and O–H groups in total. The number of aliphatic hydroxyl groups is 1. The third kappa shape index (κ3) is 5.10. The van der Waals surface area contributed by atoms with E-state index >= 15 is 0 Å². The molecule has 1 spiro atoms. The molecule has 2 aliphatic rings. The number of carbonyl (C=O) groups is 1. The van der Waals surface area contributed by atoms with Gasteiger partial charge in [-0.25, -0.2) is 4.39 Å². The Balaban J connectivity index is 1.45. The number of piperidine rings is 2. The predicted molar refractivity (Wildman–Crippen MR) is 133 cm³/mol. The number of nitrogens with zero attached hydrogens (tertiary/aromatic N) is 3. The molecule has 2 saturated heterocycles. The first-order chi connectivity index (χ1) is 16.9. The van der Waals surface area contributed by atoms with Crippen molar-refractivity contribution in [2.45, 2.75) is 44.5 Å². The zero-order valence-electron chi connectivity index (χ0n) is 19.5. The molecule has 0 aliphatic carbocycles. The summed E-state index contributed by atoms with van der Waals surface area (Å²) < 4.78 is 14.0. The molecular weight excluding hydrogens is 465 g/mol. The van der Waals surface area contributed by atoms with E-state index < -0.39 is 17.6 Å². The summed E-state index contributed by atoms with van der Waals surface area (Å²) in [6.07, 6.45) is 2.88. The van der Waals surface area contributed by atoms with Crippen LogP contribution in [0.3, 0.4) is 0 Å². The fourth-order valence-corrected chi connectivity index (χ4v) is 5.84. The van der Waals surface area contributed by atoms with E-state index in [2.05, 4.69) is 9.88 Å². The monoisotopic (exact) mass is 493 g/mol. The second kappa shape index (κ2) is 10.1. The van der Waals surface area contributed by atoms with Crippen LogP contribution in [0, 0.1) is 11.2 Å². The predicted octanol–water partition coefficient (Wildman–Crippen LogP) is 4.99.